The molecule has 0 saturated carbocycles. The van der Waals surface area contributed by atoms with Crippen molar-refractivity contribution in [2.75, 3.05) is 19.7 Å². The van der Waals surface area contributed by atoms with Gasteiger partial charge in [-0.25, -0.2) is 0 Å². The van der Waals surface area contributed by atoms with Gasteiger partial charge in [0.25, 0.3) is 5.91 Å². The first-order valence-corrected chi connectivity index (χ1v) is 11.0. The van der Waals surface area contributed by atoms with Crippen LogP contribution in [0.5, 0.6) is 17.2 Å². The number of piperidine rings is 1. The minimum Gasteiger partial charge on any atom is -0.486 e. The predicted octanol–water partition coefficient (Wildman–Crippen LogP) is 3.74. The summed E-state index contributed by atoms with van der Waals surface area (Å²) < 4.78 is 23.8. The molecule has 2 aromatic rings. The zero-order valence-corrected chi connectivity index (χ0v) is 18.4. The average Bonchev–Trinajstić information content (AvgIpc) is 2.77. The number of carbonyl (C=O) groups excluding carboxylic acids is 2. The van der Waals surface area contributed by atoms with Crippen molar-refractivity contribution in [2.45, 2.75) is 51.1 Å². The molecule has 3 heterocycles. The summed E-state index contributed by atoms with van der Waals surface area (Å²) in [6.45, 7) is 5.29. The number of benzene rings is 2. The van der Waals surface area contributed by atoms with Gasteiger partial charge in [0.2, 0.25) is 5.79 Å². The zero-order valence-electron chi connectivity index (χ0n) is 18.4. The highest BCUT2D eigenvalue weighted by Gasteiger charge is 2.41. The van der Waals surface area contributed by atoms with E-state index in [1.165, 1.54) is 0 Å². The number of carbonyl (C=O) groups is 2. The molecule has 0 aliphatic carbocycles. The Hall–Kier alpha value is -3.06. The van der Waals surface area contributed by atoms with Gasteiger partial charge in [-0.1, -0.05) is 18.2 Å². The van der Waals surface area contributed by atoms with E-state index in [1.807, 2.05) is 38.1 Å². The maximum Gasteiger partial charge on any atom is 0.260 e. The molecule has 168 valence electrons. The first-order valence-electron chi connectivity index (χ1n) is 11.0. The summed E-state index contributed by atoms with van der Waals surface area (Å²) in [5.41, 5.74) is 1.05. The smallest absolute Gasteiger partial charge is 0.260 e. The summed E-state index contributed by atoms with van der Waals surface area (Å²) in [5, 5.41) is 0. The third kappa shape index (κ3) is 4.05. The third-order valence-corrected chi connectivity index (χ3v) is 6.23. The molecule has 3 aliphatic rings. The molecule has 1 saturated heterocycles. The number of ketones is 1. The van der Waals surface area contributed by atoms with Gasteiger partial charge < -0.3 is 23.8 Å². The summed E-state index contributed by atoms with van der Waals surface area (Å²) >= 11 is 0. The molecule has 2 aromatic carbocycles. The van der Waals surface area contributed by atoms with Crippen LogP contribution in [0.1, 0.15) is 49.0 Å². The number of nitrogens with zero attached hydrogens (tertiary/aromatic N) is 1. The Morgan fingerprint density at radius 1 is 1.06 bits per heavy atom. The summed E-state index contributed by atoms with van der Waals surface area (Å²) in [5.74, 6) is 1.16. The van der Waals surface area contributed by atoms with Gasteiger partial charge in [-0.2, -0.15) is 0 Å². The normalized spacial score (nSPS) is 20.6. The first-order chi connectivity index (χ1) is 15.3. The Kier molecular flexibility index (Phi) is 5.08. The van der Waals surface area contributed by atoms with E-state index in [4.69, 9.17) is 18.9 Å². The summed E-state index contributed by atoms with van der Waals surface area (Å²) in [6.07, 6.45) is 1.56. The molecule has 0 aromatic heterocycles. The van der Waals surface area contributed by atoms with E-state index >= 15 is 0 Å². The molecule has 1 fully saturated rings. The van der Waals surface area contributed by atoms with Crippen molar-refractivity contribution >= 4 is 11.7 Å². The number of fused-ring (bicyclic) bond motifs is 2. The number of rotatable bonds is 3. The maximum absolute atomic E-state index is 12.7. The van der Waals surface area contributed by atoms with Crippen molar-refractivity contribution in [3.05, 3.63) is 53.6 Å². The topological polar surface area (TPSA) is 74.3 Å². The van der Waals surface area contributed by atoms with Crippen molar-refractivity contribution in [3.63, 3.8) is 0 Å². The van der Waals surface area contributed by atoms with E-state index in [0.717, 1.165) is 11.3 Å². The van der Waals surface area contributed by atoms with Gasteiger partial charge >= 0.3 is 0 Å². The Morgan fingerprint density at radius 2 is 1.84 bits per heavy atom. The van der Waals surface area contributed by atoms with Crippen molar-refractivity contribution in [3.8, 4) is 17.2 Å². The van der Waals surface area contributed by atoms with E-state index in [2.05, 4.69) is 0 Å². The Labute approximate surface area is 187 Å². The molecule has 0 bridgehead atoms. The number of amides is 1. The first kappa shape index (κ1) is 20.8. The lowest BCUT2D eigenvalue weighted by Gasteiger charge is -2.43. The lowest BCUT2D eigenvalue weighted by Crippen LogP contribution is -2.53. The monoisotopic (exact) mass is 437 g/mol. The molecule has 1 spiro atoms. The van der Waals surface area contributed by atoms with Crippen LogP contribution in [0.15, 0.2) is 42.5 Å². The van der Waals surface area contributed by atoms with Crippen molar-refractivity contribution in [1.82, 2.24) is 4.90 Å². The number of hydrogen-bond donors (Lipinski definition) is 0. The molecule has 0 unspecified atom stereocenters. The molecule has 32 heavy (non-hydrogen) atoms. The van der Waals surface area contributed by atoms with Gasteiger partial charge in [-0.15, -0.1) is 0 Å². The zero-order chi connectivity index (χ0) is 22.3. The van der Waals surface area contributed by atoms with Gasteiger partial charge in [0, 0.05) is 37.6 Å². The van der Waals surface area contributed by atoms with Crippen LogP contribution < -0.4 is 14.2 Å². The average molecular weight is 437 g/mol. The number of ether oxygens (including phenoxy) is 4. The van der Waals surface area contributed by atoms with Gasteiger partial charge in [-0.3, -0.25) is 9.59 Å². The minimum absolute atomic E-state index is 0.0518. The lowest BCUT2D eigenvalue weighted by molar-refractivity contribution is -0.227. The quantitative estimate of drug-likeness (QED) is 0.728. The van der Waals surface area contributed by atoms with E-state index in [9.17, 15) is 9.59 Å². The van der Waals surface area contributed by atoms with Crippen molar-refractivity contribution in [2.24, 2.45) is 0 Å². The fourth-order valence-corrected chi connectivity index (χ4v) is 4.46. The standard InChI is InChI=1S/C25H27NO6/c1-24(2)14-20(27)19-8-7-18(13-22(19)31-24)29-16-23(28)26-11-9-25(10-12-26)30-15-17-5-3-4-6-21(17)32-25/h3-8,13H,9-12,14-16H2,1-2H3. The molecule has 7 nitrogen and oxygen atoms in total. The number of likely N-dealkylation sites (tertiary alicyclic amines) is 1. The number of hydrogen-bond acceptors (Lipinski definition) is 6. The highest BCUT2D eigenvalue weighted by atomic mass is 16.7. The van der Waals surface area contributed by atoms with E-state index in [1.54, 1.807) is 23.1 Å². The van der Waals surface area contributed by atoms with Crippen LogP contribution in [0.3, 0.4) is 0 Å². The predicted molar refractivity (Wildman–Crippen MR) is 116 cm³/mol. The number of para-hydroxylation sites is 1. The molecular weight excluding hydrogens is 410 g/mol. The minimum atomic E-state index is -0.666. The highest BCUT2D eigenvalue weighted by Crippen LogP contribution is 2.38. The van der Waals surface area contributed by atoms with Crippen LogP contribution in [0.2, 0.25) is 0 Å². The molecule has 5 rings (SSSR count). The van der Waals surface area contributed by atoms with Gasteiger partial charge in [0.05, 0.1) is 18.6 Å². The summed E-state index contributed by atoms with van der Waals surface area (Å²) in [4.78, 5) is 26.8. The fraction of sp³-hybridized carbons (Fsp3) is 0.440. The second-order valence-electron chi connectivity index (χ2n) is 9.20. The van der Waals surface area contributed by atoms with Crippen molar-refractivity contribution < 1.29 is 28.5 Å². The van der Waals surface area contributed by atoms with E-state index < -0.39 is 11.4 Å². The Balaban J connectivity index is 1.17. The van der Waals surface area contributed by atoms with Crippen LogP contribution in [-0.4, -0.2) is 47.7 Å². The molecule has 0 radical (unpaired) electrons. The second-order valence-corrected chi connectivity index (χ2v) is 9.20. The maximum atomic E-state index is 12.7. The van der Waals surface area contributed by atoms with Gasteiger partial charge in [-0.05, 0) is 32.0 Å². The van der Waals surface area contributed by atoms with E-state index in [0.29, 0.717) is 56.0 Å². The Morgan fingerprint density at radius 3 is 2.66 bits per heavy atom. The van der Waals surface area contributed by atoms with Crippen LogP contribution in [0.4, 0.5) is 0 Å². The molecule has 0 N–H and O–H groups in total. The molecule has 0 atom stereocenters. The van der Waals surface area contributed by atoms with Crippen LogP contribution in [-0.2, 0) is 16.1 Å². The van der Waals surface area contributed by atoms with Crippen LogP contribution in [0, 0.1) is 0 Å². The summed E-state index contributed by atoms with van der Waals surface area (Å²) in [7, 11) is 0. The fourth-order valence-electron chi connectivity index (χ4n) is 4.46. The SMILES string of the molecule is CC1(C)CC(=O)c2ccc(OCC(=O)N3CCC4(CC3)OCc3ccccc3O4)cc2O1. The van der Waals surface area contributed by atoms with Crippen LogP contribution in [0.25, 0.3) is 0 Å². The van der Waals surface area contributed by atoms with Crippen LogP contribution >= 0.6 is 0 Å². The molecular formula is C25H27NO6. The largest absolute Gasteiger partial charge is 0.486 e. The Bertz CT molecular complexity index is 1050. The molecule has 7 heteroatoms. The second kappa shape index (κ2) is 7.81. The number of Topliss-reactive ketones (excluding diaryl/α,β-unsaturated/α-hetero) is 1. The lowest BCUT2D eigenvalue weighted by atomic mass is 9.93. The molecule has 3 aliphatic heterocycles. The summed E-state index contributed by atoms with van der Waals surface area (Å²) in [6, 6.07) is 13.0. The van der Waals surface area contributed by atoms with E-state index in [-0.39, 0.29) is 18.3 Å². The van der Waals surface area contributed by atoms with Gasteiger partial charge in [0.15, 0.2) is 12.4 Å². The van der Waals surface area contributed by atoms with Gasteiger partial charge in [0.1, 0.15) is 22.8 Å². The third-order valence-electron chi connectivity index (χ3n) is 6.23. The van der Waals surface area contributed by atoms with Crippen molar-refractivity contribution in [1.29, 1.82) is 0 Å². The molecule has 1 amide bonds. The highest BCUT2D eigenvalue weighted by molar-refractivity contribution is 6.00.